The third-order valence-corrected chi connectivity index (χ3v) is 14.0. The molecule has 28 heteroatoms. The summed E-state index contributed by atoms with van der Waals surface area (Å²) in [7, 11) is 0. The lowest BCUT2D eigenvalue weighted by atomic mass is 9.93. The van der Waals surface area contributed by atoms with Crippen LogP contribution in [0.3, 0.4) is 0 Å². The Kier molecular flexibility index (Phi) is 18.4. The van der Waals surface area contributed by atoms with Gasteiger partial charge in [0, 0.05) is 11.7 Å². The Morgan fingerprint density at radius 1 is 0.489 bits per heavy atom. The fourth-order valence-corrected chi connectivity index (χ4v) is 9.46. The second kappa shape index (κ2) is 24.7. The van der Waals surface area contributed by atoms with E-state index in [0.29, 0.717) is 45.8 Å². The van der Waals surface area contributed by atoms with Crippen LogP contribution in [-0.4, -0.2) is 116 Å². The van der Waals surface area contributed by atoms with Gasteiger partial charge in [0.1, 0.15) is 39.3 Å². The van der Waals surface area contributed by atoms with E-state index in [9.17, 15) is 66.3 Å². The molecule has 0 spiro atoms. The molecule has 0 aliphatic heterocycles. The van der Waals surface area contributed by atoms with Crippen molar-refractivity contribution in [3.8, 4) is 22.9 Å². The van der Waals surface area contributed by atoms with Gasteiger partial charge < -0.3 is 35.0 Å². The summed E-state index contributed by atoms with van der Waals surface area (Å²) >= 11 is 0. The number of nitrogens with one attached hydrogen (secondary N) is 3. The number of fused-ring (bicyclic) bond motifs is 3. The van der Waals surface area contributed by atoms with Gasteiger partial charge in [-0.05, 0) is 192 Å². The van der Waals surface area contributed by atoms with Gasteiger partial charge in [-0.15, -0.1) is 26.3 Å². The molecule has 2 aromatic carbocycles. The highest BCUT2D eigenvalue weighted by molar-refractivity contribution is 5.94. The lowest BCUT2D eigenvalue weighted by Crippen LogP contribution is -2.33. The number of ether oxygens (including phenoxy) is 2. The average molecular weight is 1230 g/mol. The number of aromatic nitrogens is 9. The summed E-state index contributed by atoms with van der Waals surface area (Å²) in [5.41, 5.74) is -0.731. The van der Waals surface area contributed by atoms with Crippen LogP contribution < -0.4 is 25.4 Å². The number of anilines is 3. The molecule has 0 radical (unpaired) electrons. The molecule has 8 aromatic rings. The van der Waals surface area contributed by atoms with Crippen molar-refractivity contribution < 1.29 is 75.7 Å². The highest BCUT2D eigenvalue weighted by atomic mass is 19.4. The Hall–Kier alpha value is -8.31. The molecule has 6 aromatic heterocycles. The van der Waals surface area contributed by atoms with Gasteiger partial charge >= 0.3 is 12.7 Å². The second-order valence-corrected chi connectivity index (χ2v) is 24.4. The topological polar surface area (TPSA) is 299 Å². The minimum atomic E-state index is -4.83. The van der Waals surface area contributed by atoms with E-state index in [4.69, 9.17) is 0 Å². The van der Waals surface area contributed by atoms with Gasteiger partial charge in [0.25, 0.3) is 0 Å². The number of amides is 3. The molecular weight excluding hydrogens is 1160 g/mol. The quantitative estimate of drug-likeness (QED) is 0.0393. The molecule has 2 fully saturated rings. The largest absolute Gasteiger partial charge is 0.573 e. The SMILES string of the molecule is CC(C)(O)CC(=O)Nc1nc2ccc(C(C)(C)O)nc2n1-c1ccc(OC(F)(F)F)cc1.CC(C)(O)CC(=O)Nc1nc2ccc(C(C)(C)O)nc2n1-c1ccc(OC(F)(F)F)cc1.Cc1ccc2nc(NC(=O)C[C@@](C)(O)C3CC3)n(C3CCC3)c2n1. The number of carbonyl (C=O) groups excluding carboxylic acids is 3. The van der Waals surface area contributed by atoms with Crippen LogP contribution in [0.25, 0.3) is 44.9 Å². The molecule has 88 heavy (non-hydrogen) atoms. The predicted molar refractivity (Wildman–Crippen MR) is 312 cm³/mol. The van der Waals surface area contributed by atoms with Crippen molar-refractivity contribution in [3.05, 3.63) is 102 Å². The summed E-state index contributed by atoms with van der Waals surface area (Å²) < 4.78 is 87.6. The Balaban J connectivity index is 0.000000173. The lowest BCUT2D eigenvalue weighted by Gasteiger charge is -2.29. The average Bonchev–Trinajstić information content (AvgIpc) is 1.67. The van der Waals surface area contributed by atoms with Crippen LogP contribution in [0.4, 0.5) is 44.2 Å². The van der Waals surface area contributed by atoms with E-state index in [1.165, 1.54) is 67.5 Å². The molecule has 0 saturated heterocycles. The van der Waals surface area contributed by atoms with Gasteiger partial charge in [0.15, 0.2) is 16.9 Å². The van der Waals surface area contributed by atoms with Crippen molar-refractivity contribution in [2.75, 3.05) is 16.0 Å². The summed E-state index contributed by atoms with van der Waals surface area (Å²) in [4.78, 5) is 64.0. The minimum absolute atomic E-state index is 0.0548. The summed E-state index contributed by atoms with van der Waals surface area (Å²) in [5, 5.41) is 59.0. The summed E-state index contributed by atoms with van der Waals surface area (Å²) in [5.74, 6) is -1.13. The Labute approximate surface area is 501 Å². The first-order valence-corrected chi connectivity index (χ1v) is 28.1. The first kappa shape index (κ1) is 65.7. The van der Waals surface area contributed by atoms with E-state index in [1.54, 1.807) is 58.9 Å². The number of aliphatic hydroxyl groups is 5. The standard InChI is InChI=1S/2C21H23F3N4O4.C18H24N4O2/c2*1-19(2,30)11-16(29)27-18-25-14-9-10-15(20(3,4)31)26-17(14)28(18)12-5-7-13(8-6-12)32-21(22,23)24;1-11-6-9-14-16(19-11)22(13-4-3-5-13)17(20-14)21-15(23)10-18(2,24)12-7-8-12/h2*5-10,30-31H,11H2,1-4H3,(H,25,27,29);6,9,12-13,24H,3-5,7-8,10H2,1-2H3,(H,20,21,23)/t;;18-/m..1/s1. The molecule has 472 valence electrons. The number of benzene rings is 2. The van der Waals surface area contributed by atoms with Crippen molar-refractivity contribution in [1.82, 2.24) is 43.6 Å². The smallest absolute Gasteiger partial charge is 0.406 e. The maximum Gasteiger partial charge on any atom is 0.573 e. The maximum absolute atomic E-state index is 12.5. The van der Waals surface area contributed by atoms with Crippen molar-refractivity contribution in [3.63, 3.8) is 0 Å². The number of pyridine rings is 3. The zero-order valence-electron chi connectivity index (χ0n) is 50.0. The van der Waals surface area contributed by atoms with Gasteiger partial charge in [-0.1, -0.05) is 0 Å². The highest BCUT2D eigenvalue weighted by Crippen LogP contribution is 2.42. The Morgan fingerprint density at radius 3 is 1.23 bits per heavy atom. The van der Waals surface area contributed by atoms with Gasteiger partial charge in [-0.25, -0.2) is 29.9 Å². The zero-order chi connectivity index (χ0) is 64.7. The molecule has 6 heterocycles. The number of imidazole rings is 3. The number of alkyl halides is 6. The van der Waals surface area contributed by atoms with Crippen LogP contribution in [0.5, 0.6) is 11.5 Å². The van der Waals surface area contributed by atoms with Crippen LogP contribution in [-0.2, 0) is 25.6 Å². The van der Waals surface area contributed by atoms with Crippen molar-refractivity contribution >= 4 is 69.1 Å². The number of carbonyl (C=O) groups is 3. The zero-order valence-corrected chi connectivity index (χ0v) is 50.0. The minimum Gasteiger partial charge on any atom is -0.406 e. The predicted octanol–water partition coefficient (Wildman–Crippen LogP) is 10.2. The van der Waals surface area contributed by atoms with Gasteiger partial charge in [-0.3, -0.25) is 44.0 Å². The van der Waals surface area contributed by atoms with E-state index >= 15 is 0 Å². The summed E-state index contributed by atoms with van der Waals surface area (Å²) in [6.07, 6.45) is -4.60. The van der Waals surface area contributed by atoms with Crippen LogP contribution in [0, 0.1) is 12.8 Å². The second-order valence-electron chi connectivity index (χ2n) is 24.4. The van der Waals surface area contributed by atoms with Gasteiger partial charge in [-0.2, -0.15) is 0 Å². The molecule has 2 aliphatic rings. The summed E-state index contributed by atoms with van der Waals surface area (Å²) in [6.45, 7) is 15.8. The molecule has 0 bridgehead atoms. The normalized spacial score (nSPS) is 14.9. The molecular formula is C60H70F6N12O10. The van der Waals surface area contributed by atoms with E-state index < -0.39 is 64.0 Å². The van der Waals surface area contributed by atoms with E-state index in [2.05, 4.69) is 59.9 Å². The Bertz CT molecular complexity index is 3650. The number of rotatable bonds is 17. The highest BCUT2D eigenvalue weighted by Gasteiger charge is 2.42. The summed E-state index contributed by atoms with van der Waals surface area (Å²) in [6, 6.07) is 20.5. The number of hydrogen-bond donors (Lipinski definition) is 8. The molecule has 22 nitrogen and oxygen atoms in total. The van der Waals surface area contributed by atoms with Crippen LogP contribution in [0.1, 0.15) is 137 Å². The third-order valence-electron chi connectivity index (χ3n) is 14.0. The lowest BCUT2D eigenvalue weighted by molar-refractivity contribution is -0.275. The first-order chi connectivity index (χ1) is 40.7. The van der Waals surface area contributed by atoms with E-state index in [-0.39, 0.29) is 54.3 Å². The van der Waals surface area contributed by atoms with Crippen LogP contribution in [0.15, 0.2) is 84.9 Å². The number of halogens is 6. The van der Waals surface area contributed by atoms with Crippen molar-refractivity contribution in [2.24, 2.45) is 5.92 Å². The number of aryl methyl sites for hydroxylation is 1. The number of nitrogens with zero attached hydrogens (tertiary/aromatic N) is 9. The molecule has 0 unspecified atom stereocenters. The number of hydrogen-bond acceptors (Lipinski definition) is 16. The van der Waals surface area contributed by atoms with E-state index in [1.807, 2.05) is 19.1 Å². The first-order valence-electron chi connectivity index (χ1n) is 28.1. The molecule has 8 N–H and O–H groups in total. The monoisotopic (exact) mass is 1230 g/mol. The van der Waals surface area contributed by atoms with Crippen LogP contribution in [0.2, 0.25) is 0 Å². The van der Waals surface area contributed by atoms with E-state index in [0.717, 1.165) is 66.8 Å². The fraction of sp³-hybridized carbons (Fsp3) is 0.450. The fourth-order valence-electron chi connectivity index (χ4n) is 9.46. The molecule has 2 saturated carbocycles. The van der Waals surface area contributed by atoms with Crippen LogP contribution >= 0.6 is 0 Å². The van der Waals surface area contributed by atoms with Crippen molar-refractivity contribution in [1.29, 1.82) is 0 Å². The molecule has 3 amide bonds. The third kappa shape index (κ3) is 17.3. The molecule has 2 aliphatic carbocycles. The molecule has 1 atom stereocenters. The van der Waals surface area contributed by atoms with Gasteiger partial charge in [0.05, 0.1) is 58.8 Å². The molecule has 10 rings (SSSR count). The Morgan fingerprint density at radius 2 is 0.864 bits per heavy atom. The maximum atomic E-state index is 12.5. The van der Waals surface area contributed by atoms with Crippen molar-refractivity contribution in [2.45, 2.75) is 167 Å². The van der Waals surface area contributed by atoms with Gasteiger partial charge in [0.2, 0.25) is 35.6 Å².